The zero-order valence-electron chi connectivity index (χ0n) is 18.6. The van der Waals surface area contributed by atoms with Crippen LogP contribution < -0.4 is 9.64 Å². The Morgan fingerprint density at radius 2 is 1.71 bits per heavy atom. The van der Waals surface area contributed by atoms with E-state index in [-0.39, 0.29) is 27.6 Å². The molecular weight excluding hydrogens is 483 g/mol. The first-order valence-corrected chi connectivity index (χ1v) is 10.8. The van der Waals surface area contributed by atoms with Crippen LogP contribution in [0.15, 0.2) is 72.3 Å². The molecule has 180 valence electrons. The van der Waals surface area contributed by atoms with Gasteiger partial charge in [-0.05, 0) is 55.0 Å². The summed E-state index contributed by atoms with van der Waals surface area (Å²) in [5.41, 5.74) is 0.511. The summed E-state index contributed by atoms with van der Waals surface area (Å²) >= 11 is 6.07. The molecule has 3 aromatic carbocycles. The summed E-state index contributed by atoms with van der Waals surface area (Å²) in [7, 11) is 1.39. The van der Waals surface area contributed by atoms with Crippen LogP contribution in [0.1, 0.15) is 28.3 Å². The van der Waals surface area contributed by atoms with E-state index in [1.807, 2.05) is 13.0 Å². The van der Waals surface area contributed by atoms with Gasteiger partial charge in [0.05, 0.1) is 29.3 Å². The van der Waals surface area contributed by atoms with Crippen molar-refractivity contribution in [1.29, 1.82) is 0 Å². The van der Waals surface area contributed by atoms with Gasteiger partial charge in [-0.1, -0.05) is 41.4 Å². The predicted molar refractivity (Wildman–Crippen MR) is 125 cm³/mol. The van der Waals surface area contributed by atoms with Gasteiger partial charge in [0.2, 0.25) is 0 Å². The topological polar surface area (TPSA) is 66.8 Å². The van der Waals surface area contributed by atoms with Gasteiger partial charge >= 0.3 is 6.18 Å². The molecule has 1 fully saturated rings. The SMILES string of the molecule is COc1cc(/C(O)=C2/C(=O)C(=O)N(c3ccc(C(F)(F)F)cc3)C2c2cccc(C)c2)ccc1Cl. The summed E-state index contributed by atoms with van der Waals surface area (Å²) in [4.78, 5) is 27.4. The highest BCUT2D eigenvalue weighted by Crippen LogP contribution is 2.43. The molecule has 1 amide bonds. The maximum absolute atomic E-state index is 13.2. The Hall–Kier alpha value is -3.78. The molecule has 1 saturated heterocycles. The summed E-state index contributed by atoms with van der Waals surface area (Å²) in [6.45, 7) is 1.82. The first-order chi connectivity index (χ1) is 16.5. The average Bonchev–Trinajstić information content (AvgIpc) is 3.09. The number of carbonyl (C=O) groups is 2. The minimum atomic E-state index is -4.56. The van der Waals surface area contributed by atoms with Crippen LogP contribution >= 0.6 is 11.6 Å². The van der Waals surface area contributed by atoms with Crippen LogP contribution in [0.3, 0.4) is 0 Å². The first-order valence-electron chi connectivity index (χ1n) is 10.4. The summed E-state index contributed by atoms with van der Waals surface area (Å²) < 4.78 is 44.4. The molecular formula is C26H19ClF3NO4. The number of amides is 1. The molecule has 35 heavy (non-hydrogen) atoms. The second kappa shape index (κ2) is 9.11. The number of Topliss-reactive ketones (excluding diaryl/α,β-unsaturated/α-hetero) is 1. The Balaban J connectivity index is 1.92. The Morgan fingerprint density at radius 1 is 1.03 bits per heavy atom. The fraction of sp³-hybridized carbons (Fsp3) is 0.154. The summed E-state index contributed by atoms with van der Waals surface area (Å²) in [5, 5.41) is 11.5. The lowest BCUT2D eigenvalue weighted by Crippen LogP contribution is -2.29. The van der Waals surface area contributed by atoms with Gasteiger partial charge < -0.3 is 9.84 Å². The maximum Gasteiger partial charge on any atom is 0.416 e. The van der Waals surface area contributed by atoms with Crippen LogP contribution in [0.25, 0.3) is 5.76 Å². The minimum absolute atomic E-state index is 0.0827. The average molecular weight is 502 g/mol. The van der Waals surface area contributed by atoms with E-state index in [1.54, 1.807) is 18.2 Å². The molecule has 0 spiro atoms. The van der Waals surface area contributed by atoms with Crippen LogP contribution in [0.2, 0.25) is 5.02 Å². The van der Waals surface area contributed by atoms with Crippen LogP contribution in [-0.4, -0.2) is 23.9 Å². The predicted octanol–water partition coefficient (Wildman–Crippen LogP) is 6.30. The number of halogens is 4. The Bertz CT molecular complexity index is 1350. The molecule has 0 radical (unpaired) electrons. The van der Waals surface area contributed by atoms with Crippen molar-refractivity contribution in [2.45, 2.75) is 19.1 Å². The van der Waals surface area contributed by atoms with Gasteiger partial charge in [-0.2, -0.15) is 13.2 Å². The van der Waals surface area contributed by atoms with Crippen LogP contribution in [0, 0.1) is 6.92 Å². The maximum atomic E-state index is 13.2. The summed E-state index contributed by atoms with van der Waals surface area (Å²) in [6, 6.07) is 14.2. The Labute approximate surface area is 204 Å². The number of aliphatic hydroxyl groups is 1. The van der Waals surface area contributed by atoms with Gasteiger partial charge in [-0.25, -0.2) is 0 Å². The van der Waals surface area contributed by atoms with E-state index in [9.17, 15) is 27.9 Å². The second-order valence-electron chi connectivity index (χ2n) is 7.98. The van der Waals surface area contributed by atoms with E-state index in [0.29, 0.717) is 5.56 Å². The van der Waals surface area contributed by atoms with E-state index in [1.165, 1.54) is 25.3 Å². The number of ketones is 1. The van der Waals surface area contributed by atoms with E-state index < -0.39 is 35.2 Å². The van der Waals surface area contributed by atoms with E-state index in [2.05, 4.69) is 0 Å². The number of anilines is 1. The van der Waals surface area contributed by atoms with E-state index in [4.69, 9.17) is 16.3 Å². The number of rotatable bonds is 4. The minimum Gasteiger partial charge on any atom is -0.507 e. The van der Waals surface area contributed by atoms with Crippen molar-refractivity contribution in [2.24, 2.45) is 0 Å². The third-order valence-corrected chi connectivity index (χ3v) is 6.01. The molecule has 4 rings (SSSR count). The quantitative estimate of drug-likeness (QED) is 0.259. The molecule has 0 saturated carbocycles. The standard InChI is InChI=1S/C26H19ClF3NO4/c1-14-4-3-5-15(12-14)22-21(23(32)16-6-11-19(27)20(13-16)35-2)24(33)25(34)31(22)18-9-7-17(8-10-18)26(28,29)30/h3-13,22,32H,1-2H3/b23-21-. The number of hydrogen-bond donors (Lipinski definition) is 1. The lowest BCUT2D eigenvalue weighted by molar-refractivity contribution is -0.137. The van der Waals surface area contributed by atoms with Gasteiger partial charge in [0, 0.05) is 11.3 Å². The lowest BCUT2D eigenvalue weighted by atomic mass is 9.94. The number of hydrogen-bond acceptors (Lipinski definition) is 4. The largest absolute Gasteiger partial charge is 0.507 e. The number of nitrogens with zero attached hydrogens (tertiary/aromatic N) is 1. The van der Waals surface area contributed by atoms with Gasteiger partial charge in [0.1, 0.15) is 11.5 Å². The number of ether oxygens (including phenoxy) is 1. The fourth-order valence-corrected chi connectivity index (χ4v) is 4.22. The fourth-order valence-electron chi connectivity index (χ4n) is 4.03. The molecule has 1 heterocycles. The van der Waals surface area contributed by atoms with Crippen molar-refractivity contribution in [2.75, 3.05) is 12.0 Å². The number of methoxy groups -OCH3 is 1. The van der Waals surface area contributed by atoms with Crippen molar-refractivity contribution in [3.63, 3.8) is 0 Å². The smallest absolute Gasteiger partial charge is 0.416 e. The van der Waals surface area contributed by atoms with Crippen molar-refractivity contribution < 1.29 is 32.6 Å². The zero-order chi connectivity index (χ0) is 25.5. The first kappa shape index (κ1) is 24.3. The molecule has 5 nitrogen and oxygen atoms in total. The van der Waals surface area contributed by atoms with Crippen LogP contribution in [0.5, 0.6) is 5.75 Å². The van der Waals surface area contributed by atoms with Crippen molar-refractivity contribution in [3.05, 3.63) is 99.6 Å². The van der Waals surface area contributed by atoms with Gasteiger partial charge in [-0.15, -0.1) is 0 Å². The molecule has 1 atom stereocenters. The van der Waals surface area contributed by atoms with Crippen molar-refractivity contribution in [3.8, 4) is 5.75 Å². The number of aryl methyl sites for hydroxylation is 1. The highest BCUT2D eigenvalue weighted by molar-refractivity contribution is 6.51. The molecule has 1 N–H and O–H groups in total. The Kier molecular flexibility index (Phi) is 6.34. The monoisotopic (exact) mass is 501 g/mol. The van der Waals surface area contributed by atoms with Crippen LogP contribution in [-0.2, 0) is 15.8 Å². The lowest BCUT2D eigenvalue weighted by Gasteiger charge is -2.26. The number of benzene rings is 3. The number of alkyl halides is 3. The van der Waals surface area contributed by atoms with Gasteiger partial charge in [0.25, 0.3) is 11.7 Å². The van der Waals surface area contributed by atoms with Gasteiger partial charge in [-0.3, -0.25) is 14.5 Å². The molecule has 3 aromatic rings. The van der Waals surface area contributed by atoms with E-state index >= 15 is 0 Å². The molecule has 9 heteroatoms. The highest BCUT2D eigenvalue weighted by atomic mass is 35.5. The van der Waals surface area contributed by atoms with Crippen molar-refractivity contribution >= 4 is 34.7 Å². The Morgan fingerprint density at radius 3 is 2.31 bits per heavy atom. The molecule has 1 aliphatic heterocycles. The third-order valence-electron chi connectivity index (χ3n) is 5.70. The highest BCUT2D eigenvalue weighted by Gasteiger charge is 2.47. The summed E-state index contributed by atoms with van der Waals surface area (Å²) in [5.74, 6) is -2.15. The van der Waals surface area contributed by atoms with Gasteiger partial charge in [0.15, 0.2) is 0 Å². The van der Waals surface area contributed by atoms with Crippen LogP contribution in [0.4, 0.5) is 18.9 Å². The number of carbonyl (C=O) groups excluding carboxylic acids is 2. The second-order valence-corrected chi connectivity index (χ2v) is 8.38. The molecule has 1 aliphatic rings. The zero-order valence-corrected chi connectivity index (χ0v) is 19.3. The molecule has 0 aliphatic carbocycles. The molecule has 1 unspecified atom stereocenters. The van der Waals surface area contributed by atoms with E-state index in [0.717, 1.165) is 34.7 Å². The third kappa shape index (κ3) is 4.49. The number of aliphatic hydroxyl groups excluding tert-OH is 1. The normalized spacial score (nSPS) is 17.7. The summed E-state index contributed by atoms with van der Waals surface area (Å²) in [6.07, 6.45) is -4.56. The van der Waals surface area contributed by atoms with Crippen molar-refractivity contribution in [1.82, 2.24) is 0 Å². The molecule has 0 bridgehead atoms. The molecule has 0 aromatic heterocycles.